The summed E-state index contributed by atoms with van der Waals surface area (Å²) >= 11 is 0. The van der Waals surface area contributed by atoms with Crippen LogP contribution < -0.4 is 11.5 Å². The van der Waals surface area contributed by atoms with Gasteiger partial charge in [-0.25, -0.2) is 0 Å². The minimum atomic E-state index is 0.0324. The number of hydrogen-bond acceptors (Lipinski definition) is 4. The van der Waals surface area contributed by atoms with Gasteiger partial charge < -0.3 is 20.9 Å². The molecule has 0 fully saturated rings. The minimum Gasteiger partial charge on any atom is -0.475 e. The van der Waals surface area contributed by atoms with E-state index in [0.29, 0.717) is 12.5 Å². The number of allylic oxidation sites excluding steroid dienone is 2. The molecule has 0 saturated heterocycles. The summed E-state index contributed by atoms with van der Waals surface area (Å²) in [5.41, 5.74) is 12.2. The van der Waals surface area contributed by atoms with E-state index >= 15 is 0 Å². The molecule has 1 unspecified atom stereocenters. The number of methoxy groups -OCH3 is 1. The van der Waals surface area contributed by atoms with Gasteiger partial charge in [0.25, 0.3) is 0 Å². The second-order valence-corrected chi connectivity index (χ2v) is 3.58. The molecule has 0 aliphatic rings. The average molecular weight is 214 g/mol. The first-order chi connectivity index (χ1) is 7.11. The largest absolute Gasteiger partial charge is 0.475 e. The Morgan fingerprint density at radius 1 is 1.53 bits per heavy atom. The standard InChI is InChI=1S/C11H22N2O2/c1-9(4-5-15-8-14-3)10(2)6-11(13)7-12/h4-5,10-11H,1,6-8,12-13H2,2-3H3/b5-4+/t10-,11?/m1/s1. The van der Waals surface area contributed by atoms with Gasteiger partial charge in [0.1, 0.15) is 0 Å². The van der Waals surface area contributed by atoms with Gasteiger partial charge in [0.05, 0.1) is 6.26 Å². The molecule has 0 radical (unpaired) electrons. The van der Waals surface area contributed by atoms with Crippen LogP contribution in [0.3, 0.4) is 0 Å². The Morgan fingerprint density at radius 2 is 2.20 bits per heavy atom. The van der Waals surface area contributed by atoms with Crippen LogP contribution in [0.2, 0.25) is 0 Å². The highest BCUT2D eigenvalue weighted by Gasteiger charge is 2.08. The molecule has 4 N–H and O–H groups in total. The lowest BCUT2D eigenvalue weighted by Gasteiger charge is -2.15. The quantitative estimate of drug-likeness (QED) is 0.273. The van der Waals surface area contributed by atoms with E-state index < -0.39 is 0 Å². The second-order valence-electron chi connectivity index (χ2n) is 3.58. The monoisotopic (exact) mass is 214 g/mol. The van der Waals surface area contributed by atoms with E-state index in [4.69, 9.17) is 20.9 Å². The summed E-state index contributed by atoms with van der Waals surface area (Å²) < 4.78 is 9.74. The lowest BCUT2D eigenvalue weighted by atomic mass is 9.95. The van der Waals surface area contributed by atoms with Crippen LogP contribution in [0.4, 0.5) is 0 Å². The van der Waals surface area contributed by atoms with Crippen molar-refractivity contribution in [2.24, 2.45) is 17.4 Å². The molecule has 88 valence electrons. The van der Waals surface area contributed by atoms with Crippen LogP contribution in [0.1, 0.15) is 13.3 Å². The first kappa shape index (κ1) is 14.2. The van der Waals surface area contributed by atoms with Gasteiger partial charge in [0.2, 0.25) is 0 Å². The van der Waals surface area contributed by atoms with Gasteiger partial charge in [-0.05, 0) is 24.0 Å². The molecule has 0 saturated carbocycles. The Kier molecular flexibility index (Phi) is 7.99. The summed E-state index contributed by atoms with van der Waals surface area (Å²) in [7, 11) is 1.57. The number of nitrogens with two attached hydrogens (primary N) is 2. The van der Waals surface area contributed by atoms with Gasteiger partial charge in [-0.3, -0.25) is 0 Å². The summed E-state index contributed by atoms with van der Waals surface area (Å²) in [4.78, 5) is 0. The van der Waals surface area contributed by atoms with Crippen LogP contribution in [0.15, 0.2) is 24.5 Å². The molecule has 0 bridgehead atoms. The molecule has 4 nitrogen and oxygen atoms in total. The van der Waals surface area contributed by atoms with E-state index in [0.717, 1.165) is 12.0 Å². The maximum absolute atomic E-state index is 5.75. The molecule has 0 aromatic rings. The maximum atomic E-state index is 5.75. The molecule has 15 heavy (non-hydrogen) atoms. The molecule has 0 aliphatic heterocycles. The fraction of sp³-hybridized carbons (Fsp3) is 0.636. The number of ether oxygens (including phenoxy) is 2. The maximum Gasteiger partial charge on any atom is 0.187 e. The first-order valence-corrected chi connectivity index (χ1v) is 5.03. The van der Waals surface area contributed by atoms with Crippen molar-refractivity contribution in [3.63, 3.8) is 0 Å². The highest BCUT2D eigenvalue weighted by molar-refractivity contribution is 5.15. The van der Waals surface area contributed by atoms with E-state index in [2.05, 4.69) is 13.5 Å². The molecule has 0 aromatic heterocycles. The average Bonchev–Trinajstić information content (AvgIpc) is 2.23. The van der Waals surface area contributed by atoms with Crippen LogP contribution in [0.5, 0.6) is 0 Å². The summed E-state index contributed by atoms with van der Waals surface area (Å²) in [6.07, 6.45) is 4.24. The molecule has 4 heteroatoms. The van der Waals surface area contributed by atoms with Crippen LogP contribution >= 0.6 is 0 Å². The lowest BCUT2D eigenvalue weighted by molar-refractivity contribution is 0.0198. The molecular formula is C11H22N2O2. The predicted octanol–water partition coefficient (Wildman–Crippen LogP) is 0.989. The molecule has 0 aliphatic carbocycles. The zero-order valence-electron chi connectivity index (χ0n) is 9.61. The fourth-order valence-corrected chi connectivity index (χ4v) is 1.11. The molecule has 2 atom stereocenters. The molecular weight excluding hydrogens is 192 g/mol. The molecule has 0 amide bonds. The van der Waals surface area contributed by atoms with Gasteiger partial charge in [-0.15, -0.1) is 0 Å². The SMILES string of the molecule is C=C(/C=C/OCOC)[C@H](C)CC(N)CN. The van der Waals surface area contributed by atoms with Crippen LogP contribution in [-0.2, 0) is 9.47 Å². The third-order valence-electron chi connectivity index (χ3n) is 2.16. The zero-order valence-corrected chi connectivity index (χ0v) is 9.61. The highest BCUT2D eigenvalue weighted by atomic mass is 16.7. The Morgan fingerprint density at radius 3 is 2.73 bits per heavy atom. The predicted molar refractivity (Wildman–Crippen MR) is 62.1 cm³/mol. The fourth-order valence-electron chi connectivity index (χ4n) is 1.11. The Bertz CT molecular complexity index is 205. The van der Waals surface area contributed by atoms with Gasteiger partial charge in [-0.2, -0.15) is 0 Å². The van der Waals surface area contributed by atoms with E-state index in [9.17, 15) is 0 Å². The van der Waals surface area contributed by atoms with Crippen molar-refractivity contribution in [3.05, 3.63) is 24.5 Å². The van der Waals surface area contributed by atoms with Gasteiger partial charge in [0.15, 0.2) is 6.79 Å². The second kappa shape index (κ2) is 8.47. The van der Waals surface area contributed by atoms with Gasteiger partial charge in [-0.1, -0.05) is 13.5 Å². The normalized spacial score (nSPS) is 15.2. The van der Waals surface area contributed by atoms with Crippen molar-refractivity contribution in [1.29, 1.82) is 0 Å². The van der Waals surface area contributed by atoms with Crippen LogP contribution in [0.25, 0.3) is 0 Å². The van der Waals surface area contributed by atoms with Gasteiger partial charge in [0, 0.05) is 19.7 Å². The minimum absolute atomic E-state index is 0.0324. The van der Waals surface area contributed by atoms with Crippen LogP contribution in [0, 0.1) is 5.92 Å². The van der Waals surface area contributed by atoms with Crippen molar-refractivity contribution in [2.75, 3.05) is 20.4 Å². The van der Waals surface area contributed by atoms with E-state index in [1.165, 1.54) is 0 Å². The molecule has 0 heterocycles. The van der Waals surface area contributed by atoms with Crippen molar-refractivity contribution in [3.8, 4) is 0 Å². The lowest BCUT2D eigenvalue weighted by Crippen LogP contribution is -2.31. The molecule has 0 aromatic carbocycles. The third kappa shape index (κ3) is 7.13. The summed E-state index contributed by atoms with van der Waals surface area (Å²) in [6.45, 7) is 6.76. The Hall–Kier alpha value is -0.840. The summed E-state index contributed by atoms with van der Waals surface area (Å²) in [5, 5.41) is 0. The smallest absolute Gasteiger partial charge is 0.187 e. The van der Waals surface area contributed by atoms with Crippen molar-refractivity contribution in [1.82, 2.24) is 0 Å². The Labute approximate surface area is 91.9 Å². The van der Waals surface area contributed by atoms with Crippen LogP contribution in [-0.4, -0.2) is 26.5 Å². The van der Waals surface area contributed by atoms with Crippen molar-refractivity contribution < 1.29 is 9.47 Å². The van der Waals surface area contributed by atoms with E-state index in [1.54, 1.807) is 13.4 Å². The van der Waals surface area contributed by atoms with Crippen molar-refractivity contribution >= 4 is 0 Å². The first-order valence-electron chi connectivity index (χ1n) is 5.03. The molecule has 0 spiro atoms. The molecule has 0 rings (SSSR count). The topological polar surface area (TPSA) is 70.5 Å². The van der Waals surface area contributed by atoms with Gasteiger partial charge >= 0.3 is 0 Å². The third-order valence-corrected chi connectivity index (χ3v) is 2.16. The van der Waals surface area contributed by atoms with E-state index in [1.807, 2.05) is 6.08 Å². The van der Waals surface area contributed by atoms with Crippen molar-refractivity contribution in [2.45, 2.75) is 19.4 Å². The number of hydrogen-bond donors (Lipinski definition) is 2. The number of rotatable bonds is 8. The highest BCUT2D eigenvalue weighted by Crippen LogP contribution is 2.15. The summed E-state index contributed by atoms with van der Waals surface area (Å²) in [5.74, 6) is 0.311. The summed E-state index contributed by atoms with van der Waals surface area (Å²) in [6, 6.07) is 0.0324. The Balaban J connectivity index is 3.82. The van der Waals surface area contributed by atoms with E-state index in [-0.39, 0.29) is 12.8 Å². The zero-order chi connectivity index (χ0) is 11.7.